The van der Waals surface area contributed by atoms with Crippen molar-refractivity contribution in [2.75, 3.05) is 6.54 Å². The lowest BCUT2D eigenvalue weighted by atomic mass is 9.86. The lowest BCUT2D eigenvalue weighted by Gasteiger charge is -2.33. The molecule has 150 valence electrons. The summed E-state index contributed by atoms with van der Waals surface area (Å²) < 4.78 is 7.32. The Hall–Kier alpha value is -2.89. The number of fused-ring (bicyclic) bond motifs is 1. The second-order valence-corrected chi connectivity index (χ2v) is 8.34. The molecule has 3 aromatic rings. The molecule has 1 aliphatic heterocycles. The normalized spacial score (nSPS) is 19.9. The van der Waals surface area contributed by atoms with E-state index < -0.39 is 0 Å². The van der Waals surface area contributed by atoms with Crippen molar-refractivity contribution in [2.45, 2.75) is 50.5 Å². The van der Waals surface area contributed by atoms with Gasteiger partial charge in [-0.05, 0) is 29.5 Å². The van der Waals surface area contributed by atoms with E-state index in [1.54, 1.807) is 0 Å². The van der Waals surface area contributed by atoms with E-state index in [9.17, 15) is 4.79 Å². The highest BCUT2D eigenvalue weighted by Crippen LogP contribution is 2.35. The number of hydrogen-bond donors (Lipinski definition) is 0. The smallest absolute Gasteiger partial charge is 0.292 e. The number of aromatic nitrogens is 3. The molecule has 5 rings (SSSR count). The van der Waals surface area contributed by atoms with Gasteiger partial charge in [0.1, 0.15) is 0 Å². The largest absolute Gasteiger partial charge is 0.351 e. The highest BCUT2D eigenvalue weighted by Gasteiger charge is 2.32. The van der Waals surface area contributed by atoms with Crippen LogP contribution in [0.25, 0.3) is 0 Å². The Labute approximate surface area is 170 Å². The molecule has 1 aromatic carbocycles. The molecule has 0 N–H and O–H groups in total. The topological polar surface area (TPSA) is 64.2 Å². The highest BCUT2D eigenvalue weighted by molar-refractivity contribution is 5.91. The summed E-state index contributed by atoms with van der Waals surface area (Å²) in [5.74, 6) is 0.815. The molecule has 1 fully saturated rings. The zero-order chi connectivity index (χ0) is 19.8. The number of benzene rings is 1. The van der Waals surface area contributed by atoms with E-state index in [1.807, 2.05) is 41.2 Å². The third-order valence-electron chi connectivity index (χ3n) is 6.37. The number of hydrogen-bond acceptors (Lipinski definition) is 4. The number of amides is 1. The predicted octanol–water partition coefficient (Wildman–Crippen LogP) is 4.24. The average Bonchev–Trinajstić information content (AvgIpc) is 3.42. The van der Waals surface area contributed by atoms with E-state index in [0.29, 0.717) is 24.8 Å². The molecule has 6 nitrogen and oxygen atoms in total. The molecule has 3 heterocycles. The third-order valence-corrected chi connectivity index (χ3v) is 6.37. The third kappa shape index (κ3) is 3.48. The number of rotatable bonds is 3. The van der Waals surface area contributed by atoms with Crippen molar-refractivity contribution in [3.05, 3.63) is 70.9 Å². The summed E-state index contributed by atoms with van der Waals surface area (Å²) in [6, 6.07) is 10.2. The molecule has 1 saturated carbocycles. The summed E-state index contributed by atoms with van der Waals surface area (Å²) in [6.07, 6.45) is 9.97. The van der Waals surface area contributed by atoms with Gasteiger partial charge >= 0.3 is 0 Å². The monoisotopic (exact) mass is 390 g/mol. The van der Waals surface area contributed by atoms with Crippen molar-refractivity contribution in [1.29, 1.82) is 0 Å². The van der Waals surface area contributed by atoms with Crippen LogP contribution in [0.1, 0.15) is 76.9 Å². The van der Waals surface area contributed by atoms with Crippen molar-refractivity contribution < 1.29 is 9.32 Å². The Morgan fingerprint density at radius 3 is 2.79 bits per heavy atom. The quantitative estimate of drug-likeness (QED) is 0.671. The first-order valence-electron chi connectivity index (χ1n) is 10.5. The van der Waals surface area contributed by atoms with E-state index in [1.165, 1.54) is 30.4 Å². The molecule has 6 heteroatoms. The maximum atomic E-state index is 13.3. The molecule has 2 aromatic heterocycles. The molecule has 2 aliphatic rings. The van der Waals surface area contributed by atoms with Gasteiger partial charge in [0.25, 0.3) is 5.91 Å². The number of nitrogens with zero attached hydrogens (tertiary/aromatic N) is 4. The van der Waals surface area contributed by atoms with Crippen molar-refractivity contribution in [3.63, 3.8) is 0 Å². The van der Waals surface area contributed by atoms with Crippen LogP contribution < -0.4 is 0 Å². The van der Waals surface area contributed by atoms with Crippen LogP contribution in [0.4, 0.5) is 0 Å². The highest BCUT2D eigenvalue weighted by atomic mass is 16.5. The SMILES string of the molecule is Cn1cc(C2CN(C(=O)c3cc(C4CCCCC4)no3)Cc3ccccc32)cn1. The van der Waals surface area contributed by atoms with Gasteiger partial charge in [-0.25, -0.2) is 0 Å². The van der Waals surface area contributed by atoms with E-state index in [-0.39, 0.29) is 11.8 Å². The second kappa shape index (κ2) is 7.50. The molecule has 0 radical (unpaired) electrons. The molecule has 1 aliphatic carbocycles. The van der Waals surface area contributed by atoms with Gasteiger partial charge in [-0.1, -0.05) is 48.7 Å². The Morgan fingerprint density at radius 2 is 2.00 bits per heavy atom. The summed E-state index contributed by atoms with van der Waals surface area (Å²) in [6.45, 7) is 1.20. The van der Waals surface area contributed by atoms with Gasteiger partial charge in [0.2, 0.25) is 5.76 Å². The lowest BCUT2D eigenvalue weighted by molar-refractivity contribution is 0.0682. The van der Waals surface area contributed by atoms with Gasteiger partial charge in [0, 0.05) is 44.2 Å². The molecular formula is C23H26N4O2. The Morgan fingerprint density at radius 1 is 1.17 bits per heavy atom. The summed E-state index contributed by atoms with van der Waals surface area (Å²) >= 11 is 0. The second-order valence-electron chi connectivity index (χ2n) is 8.34. The number of aryl methyl sites for hydroxylation is 1. The Balaban J connectivity index is 1.41. The van der Waals surface area contributed by atoms with E-state index in [0.717, 1.165) is 24.1 Å². The fourth-order valence-corrected chi connectivity index (χ4v) is 4.80. The van der Waals surface area contributed by atoms with Crippen LogP contribution in [0.2, 0.25) is 0 Å². The first-order chi connectivity index (χ1) is 14.2. The average molecular weight is 390 g/mol. The minimum Gasteiger partial charge on any atom is -0.351 e. The van der Waals surface area contributed by atoms with Crippen LogP contribution in [-0.2, 0) is 13.6 Å². The molecule has 1 unspecified atom stereocenters. The van der Waals surface area contributed by atoms with Crippen LogP contribution in [0.15, 0.2) is 47.2 Å². The summed E-state index contributed by atoms with van der Waals surface area (Å²) in [5.41, 5.74) is 4.50. The molecular weight excluding hydrogens is 364 g/mol. The van der Waals surface area contributed by atoms with Crippen LogP contribution in [0, 0.1) is 0 Å². The van der Waals surface area contributed by atoms with Gasteiger partial charge < -0.3 is 9.42 Å². The van der Waals surface area contributed by atoms with Gasteiger partial charge in [0.15, 0.2) is 0 Å². The molecule has 1 amide bonds. The zero-order valence-electron chi connectivity index (χ0n) is 16.8. The predicted molar refractivity (Wildman–Crippen MR) is 109 cm³/mol. The summed E-state index contributed by atoms with van der Waals surface area (Å²) in [5, 5.41) is 8.58. The summed E-state index contributed by atoms with van der Waals surface area (Å²) in [7, 11) is 1.92. The van der Waals surface area contributed by atoms with Crippen molar-refractivity contribution in [1.82, 2.24) is 19.8 Å². The number of carbonyl (C=O) groups excluding carboxylic acids is 1. The van der Waals surface area contributed by atoms with Crippen LogP contribution in [0.5, 0.6) is 0 Å². The van der Waals surface area contributed by atoms with Crippen molar-refractivity contribution in [2.24, 2.45) is 7.05 Å². The van der Waals surface area contributed by atoms with Crippen LogP contribution in [-0.4, -0.2) is 32.3 Å². The molecule has 29 heavy (non-hydrogen) atoms. The van der Waals surface area contributed by atoms with Gasteiger partial charge in [-0.2, -0.15) is 5.10 Å². The molecule has 0 bridgehead atoms. The van der Waals surface area contributed by atoms with Gasteiger partial charge in [-0.3, -0.25) is 9.48 Å². The maximum Gasteiger partial charge on any atom is 0.292 e. The minimum absolute atomic E-state index is 0.0806. The number of carbonyl (C=O) groups is 1. The lowest BCUT2D eigenvalue weighted by Crippen LogP contribution is -2.38. The molecule has 1 atom stereocenters. The first-order valence-corrected chi connectivity index (χ1v) is 10.5. The first kappa shape index (κ1) is 18.2. The van der Waals surface area contributed by atoms with Crippen LogP contribution in [0.3, 0.4) is 0 Å². The standard InChI is InChI=1S/C23H26N4O2/c1-26-13-18(12-24-26)20-15-27(14-17-9-5-6-10-19(17)20)23(28)22-11-21(25-29-22)16-7-3-2-4-8-16/h5-6,9-13,16,20H,2-4,7-8,14-15H2,1H3. The van der Waals surface area contributed by atoms with Crippen LogP contribution >= 0.6 is 0 Å². The fourth-order valence-electron chi connectivity index (χ4n) is 4.80. The summed E-state index contributed by atoms with van der Waals surface area (Å²) in [4.78, 5) is 15.1. The molecule has 0 saturated heterocycles. The maximum absolute atomic E-state index is 13.3. The van der Waals surface area contributed by atoms with E-state index in [2.05, 4.69) is 28.5 Å². The van der Waals surface area contributed by atoms with Crippen molar-refractivity contribution in [3.8, 4) is 0 Å². The Kier molecular flexibility index (Phi) is 4.70. The minimum atomic E-state index is -0.0806. The van der Waals surface area contributed by atoms with E-state index in [4.69, 9.17) is 4.52 Å². The zero-order valence-corrected chi connectivity index (χ0v) is 16.8. The van der Waals surface area contributed by atoms with E-state index >= 15 is 0 Å². The molecule has 0 spiro atoms. The Bertz CT molecular complexity index is 1020. The van der Waals surface area contributed by atoms with Gasteiger partial charge in [0.05, 0.1) is 11.9 Å². The van der Waals surface area contributed by atoms with Crippen molar-refractivity contribution >= 4 is 5.91 Å². The fraction of sp³-hybridized carbons (Fsp3) is 0.435. The van der Waals surface area contributed by atoms with Gasteiger partial charge in [-0.15, -0.1) is 0 Å².